The van der Waals surface area contributed by atoms with E-state index in [-0.39, 0.29) is 12.5 Å². The van der Waals surface area contributed by atoms with E-state index in [2.05, 4.69) is 27.9 Å². The number of carbonyl (C=O) groups excluding carboxylic acids is 1. The van der Waals surface area contributed by atoms with Gasteiger partial charge in [0, 0.05) is 22.3 Å². The van der Waals surface area contributed by atoms with Crippen LogP contribution in [0.3, 0.4) is 0 Å². The number of rotatable bonds is 7. The van der Waals surface area contributed by atoms with Gasteiger partial charge < -0.3 is 10.4 Å². The minimum absolute atomic E-state index is 0.0875. The van der Waals surface area contributed by atoms with Crippen LogP contribution in [0.25, 0.3) is 0 Å². The zero-order valence-electron chi connectivity index (χ0n) is 10.1. The predicted octanol–water partition coefficient (Wildman–Crippen LogP) is 3.23. The average Bonchev–Trinajstić information content (AvgIpc) is 2.36. The number of benzene rings is 1. The quantitative estimate of drug-likeness (QED) is 0.563. The highest BCUT2D eigenvalue weighted by molar-refractivity contribution is 14.1. The van der Waals surface area contributed by atoms with Gasteiger partial charge >= 0.3 is 0 Å². The van der Waals surface area contributed by atoms with Crippen molar-refractivity contribution in [1.29, 1.82) is 0 Å². The summed E-state index contributed by atoms with van der Waals surface area (Å²) in [5.74, 6) is -0.0875. The lowest BCUT2D eigenvalue weighted by atomic mass is 10.2. The van der Waals surface area contributed by atoms with E-state index >= 15 is 0 Å². The average molecular weight is 382 g/mol. The molecule has 18 heavy (non-hydrogen) atoms. The number of aliphatic hydroxyl groups excluding tert-OH is 1. The van der Waals surface area contributed by atoms with Crippen LogP contribution in [0.2, 0.25) is 5.02 Å². The van der Waals surface area contributed by atoms with Crippen molar-refractivity contribution in [3.05, 3.63) is 32.4 Å². The lowest BCUT2D eigenvalue weighted by Gasteiger charge is -2.06. The van der Waals surface area contributed by atoms with Gasteiger partial charge in [-0.05, 0) is 53.6 Å². The molecule has 0 bridgehead atoms. The van der Waals surface area contributed by atoms with Gasteiger partial charge in [0.15, 0.2) is 0 Å². The monoisotopic (exact) mass is 381 g/mol. The van der Waals surface area contributed by atoms with Crippen LogP contribution >= 0.6 is 34.2 Å². The molecule has 0 aliphatic rings. The summed E-state index contributed by atoms with van der Waals surface area (Å²) in [6.07, 6.45) is 3.79. The highest BCUT2D eigenvalue weighted by atomic mass is 127. The normalized spacial score (nSPS) is 10.4. The molecule has 1 aromatic carbocycles. The first kappa shape index (κ1) is 15.7. The summed E-state index contributed by atoms with van der Waals surface area (Å²) in [5, 5.41) is 12.1. The Balaban J connectivity index is 2.30. The summed E-state index contributed by atoms with van der Waals surface area (Å²) < 4.78 is 0.940. The molecular weight excluding hydrogens is 365 g/mol. The Morgan fingerprint density at radius 2 is 2.00 bits per heavy atom. The van der Waals surface area contributed by atoms with E-state index < -0.39 is 0 Å². The number of carbonyl (C=O) groups is 1. The zero-order chi connectivity index (χ0) is 13.4. The summed E-state index contributed by atoms with van der Waals surface area (Å²) in [7, 11) is 0. The summed E-state index contributed by atoms with van der Waals surface area (Å²) in [4.78, 5) is 11.8. The number of aliphatic hydroxyl groups is 1. The van der Waals surface area contributed by atoms with E-state index in [4.69, 9.17) is 16.7 Å². The summed E-state index contributed by atoms with van der Waals surface area (Å²) >= 11 is 8.09. The molecule has 0 saturated heterocycles. The second kappa shape index (κ2) is 8.72. The largest absolute Gasteiger partial charge is 0.396 e. The smallest absolute Gasteiger partial charge is 0.251 e. The van der Waals surface area contributed by atoms with Crippen LogP contribution in [0.4, 0.5) is 0 Å². The molecule has 0 saturated carbocycles. The van der Waals surface area contributed by atoms with Crippen molar-refractivity contribution in [2.75, 3.05) is 13.2 Å². The molecule has 0 aliphatic heterocycles. The minimum atomic E-state index is -0.0875. The number of amides is 1. The van der Waals surface area contributed by atoms with Crippen molar-refractivity contribution in [2.45, 2.75) is 25.7 Å². The third-order valence-electron chi connectivity index (χ3n) is 2.55. The van der Waals surface area contributed by atoms with Crippen molar-refractivity contribution in [3.63, 3.8) is 0 Å². The van der Waals surface area contributed by atoms with Gasteiger partial charge in [-0.25, -0.2) is 0 Å². The maximum atomic E-state index is 11.8. The summed E-state index contributed by atoms with van der Waals surface area (Å²) in [6, 6.07) is 5.29. The van der Waals surface area contributed by atoms with Crippen LogP contribution in [0.15, 0.2) is 18.2 Å². The van der Waals surface area contributed by atoms with E-state index in [1.165, 1.54) is 0 Å². The van der Waals surface area contributed by atoms with E-state index in [9.17, 15) is 4.79 Å². The van der Waals surface area contributed by atoms with Gasteiger partial charge in [0.25, 0.3) is 5.91 Å². The Bertz CT molecular complexity index is 399. The molecule has 0 radical (unpaired) electrons. The fourth-order valence-corrected chi connectivity index (χ4v) is 2.05. The fraction of sp³-hybridized carbons (Fsp3) is 0.462. The summed E-state index contributed by atoms with van der Waals surface area (Å²) in [5.41, 5.74) is 0.593. The van der Waals surface area contributed by atoms with Gasteiger partial charge in [-0.15, -0.1) is 0 Å². The molecule has 0 fully saturated rings. The first-order valence-electron chi connectivity index (χ1n) is 5.99. The summed E-state index contributed by atoms with van der Waals surface area (Å²) in [6.45, 7) is 0.904. The van der Waals surface area contributed by atoms with Crippen molar-refractivity contribution in [2.24, 2.45) is 0 Å². The second-order valence-electron chi connectivity index (χ2n) is 4.02. The minimum Gasteiger partial charge on any atom is -0.396 e. The molecule has 1 aromatic rings. The van der Waals surface area contributed by atoms with Gasteiger partial charge in [0.1, 0.15) is 0 Å². The van der Waals surface area contributed by atoms with Crippen LogP contribution in [0.1, 0.15) is 36.0 Å². The molecule has 2 N–H and O–H groups in total. The predicted molar refractivity (Wildman–Crippen MR) is 82.1 cm³/mol. The van der Waals surface area contributed by atoms with E-state index in [0.29, 0.717) is 17.1 Å². The van der Waals surface area contributed by atoms with Gasteiger partial charge in [0.05, 0.1) is 5.02 Å². The van der Waals surface area contributed by atoms with Gasteiger partial charge in [0.2, 0.25) is 0 Å². The fourth-order valence-electron chi connectivity index (χ4n) is 1.53. The van der Waals surface area contributed by atoms with Crippen LogP contribution in [0.5, 0.6) is 0 Å². The molecular formula is C13H17ClINO2. The van der Waals surface area contributed by atoms with Crippen LogP contribution < -0.4 is 5.32 Å². The van der Waals surface area contributed by atoms with E-state index in [0.717, 1.165) is 29.3 Å². The Labute approximate surface area is 126 Å². The number of hydrogen-bond acceptors (Lipinski definition) is 2. The number of hydrogen-bond donors (Lipinski definition) is 2. The van der Waals surface area contributed by atoms with E-state index in [1.807, 2.05) is 6.07 Å². The van der Waals surface area contributed by atoms with Crippen LogP contribution in [-0.2, 0) is 0 Å². The zero-order valence-corrected chi connectivity index (χ0v) is 13.0. The maximum absolute atomic E-state index is 11.8. The van der Waals surface area contributed by atoms with Crippen molar-refractivity contribution in [1.82, 2.24) is 5.32 Å². The molecule has 100 valence electrons. The first-order chi connectivity index (χ1) is 8.65. The lowest BCUT2D eigenvalue weighted by Crippen LogP contribution is -2.24. The maximum Gasteiger partial charge on any atom is 0.251 e. The molecule has 0 aromatic heterocycles. The Morgan fingerprint density at radius 1 is 1.28 bits per heavy atom. The van der Waals surface area contributed by atoms with Gasteiger partial charge in [-0.2, -0.15) is 0 Å². The molecule has 3 nitrogen and oxygen atoms in total. The highest BCUT2D eigenvalue weighted by Gasteiger charge is 2.06. The number of nitrogens with one attached hydrogen (secondary N) is 1. The molecule has 0 unspecified atom stereocenters. The highest BCUT2D eigenvalue weighted by Crippen LogP contribution is 2.19. The molecule has 1 rings (SSSR count). The first-order valence-corrected chi connectivity index (χ1v) is 7.45. The van der Waals surface area contributed by atoms with Crippen LogP contribution in [0, 0.1) is 3.57 Å². The van der Waals surface area contributed by atoms with E-state index in [1.54, 1.807) is 12.1 Å². The second-order valence-corrected chi connectivity index (χ2v) is 5.59. The topological polar surface area (TPSA) is 49.3 Å². The number of unbranched alkanes of at least 4 members (excludes halogenated alkanes) is 3. The van der Waals surface area contributed by atoms with Gasteiger partial charge in [-0.3, -0.25) is 4.79 Å². The molecule has 0 aliphatic carbocycles. The van der Waals surface area contributed by atoms with Crippen molar-refractivity contribution < 1.29 is 9.90 Å². The number of halogens is 2. The Morgan fingerprint density at radius 3 is 2.67 bits per heavy atom. The Kier molecular flexibility index (Phi) is 7.62. The molecule has 5 heteroatoms. The third kappa shape index (κ3) is 5.54. The molecule has 0 atom stereocenters. The Hall–Kier alpha value is -0.330. The molecule has 0 heterocycles. The lowest BCUT2D eigenvalue weighted by molar-refractivity contribution is 0.0953. The standard InChI is InChI=1S/C13H17ClINO2/c14-11-9-10(5-6-12(11)15)13(18)16-7-3-1-2-4-8-17/h5-6,9,17H,1-4,7-8H2,(H,16,18). The van der Waals surface area contributed by atoms with Crippen LogP contribution in [-0.4, -0.2) is 24.2 Å². The van der Waals surface area contributed by atoms with Crippen molar-refractivity contribution in [3.8, 4) is 0 Å². The third-order valence-corrected chi connectivity index (χ3v) is 4.12. The SMILES string of the molecule is O=C(NCCCCCCO)c1ccc(I)c(Cl)c1. The molecule has 1 amide bonds. The molecule has 0 spiro atoms. The van der Waals surface area contributed by atoms with Crippen molar-refractivity contribution >= 4 is 40.1 Å². The van der Waals surface area contributed by atoms with Gasteiger partial charge in [-0.1, -0.05) is 24.4 Å².